The Kier molecular flexibility index (Phi) is 4.20. The third-order valence-corrected chi connectivity index (χ3v) is 3.45. The van der Waals surface area contributed by atoms with Crippen molar-refractivity contribution in [3.8, 4) is 0 Å². The van der Waals surface area contributed by atoms with Gasteiger partial charge in [-0.25, -0.2) is 0 Å². The Hall–Kier alpha value is -0.840. The van der Waals surface area contributed by atoms with Gasteiger partial charge in [-0.15, -0.1) is 0 Å². The Labute approximate surface area is 102 Å². The predicted molar refractivity (Wildman–Crippen MR) is 64.4 cm³/mol. The number of aliphatic hydroxyl groups is 2. The first-order valence-electron chi connectivity index (χ1n) is 6.31. The monoisotopic (exact) mass is 239 g/mol. The summed E-state index contributed by atoms with van der Waals surface area (Å²) in [5.41, 5.74) is 0. The third kappa shape index (κ3) is 3.09. The van der Waals surface area contributed by atoms with Crippen LogP contribution in [0.2, 0.25) is 0 Å². The summed E-state index contributed by atoms with van der Waals surface area (Å²) in [7, 11) is 0. The second-order valence-corrected chi connectivity index (χ2v) is 4.80. The van der Waals surface area contributed by atoms with Gasteiger partial charge in [0.05, 0.1) is 12.6 Å². The number of nitrogens with zero attached hydrogens (tertiary/aromatic N) is 1. The topological polar surface area (TPSA) is 56.8 Å². The molecule has 0 saturated carbocycles. The van der Waals surface area contributed by atoms with Crippen LogP contribution in [0.3, 0.4) is 0 Å². The van der Waals surface area contributed by atoms with Crippen molar-refractivity contribution >= 4 is 0 Å². The van der Waals surface area contributed by atoms with Gasteiger partial charge in [-0.05, 0) is 38.4 Å². The fourth-order valence-electron chi connectivity index (χ4n) is 2.55. The fraction of sp³-hybridized carbons (Fsp3) is 0.692. The number of hydrogen-bond acceptors (Lipinski definition) is 4. The summed E-state index contributed by atoms with van der Waals surface area (Å²) in [5, 5.41) is 18.7. The summed E-state index contributed by atoms with van der Waals surface area (Å²) in [6, 6.07) is 3.93. The van der Waals surface area contributed by atoms with Crippen molar-refractivity contribution in [3.05, 3.63) is 23.7 Å². The van der Waals surface area contributed by atoms with Crippen LogP contribution in [0, 0.1) is 0 Å². The molecule has 0 aromatic carbocycles. The van der Waals surface area contributed by atoms with Gasteiger partial charge < -0.3 is 14.6 Å². The van der Waals surface area contributed by atoms with E-state index in [-0.39, 0.29) is 18.8 Å². The van der Waals surface area contributed by atoms with E-state index in [1.807, 2.05) is 13.0 Å². The average molecular weight is 239 g/mol. The summed E-state index contributed by atoms with van der Waals surface area (Å²) < 4.78 is 5.49. The number of furan rings is 1. The molecule has 1 saturated heterocycles. The van der Waals surface area contributed by atoms with Crippen LogP contribution in [0.1, 0.15) is 37.7 Å². The van der Waals surface area contributed by atoms with Gasteiger partial charge >= 0.3 is 0 Å². The van der Waals surface area contributed by atoms with Gasteiger partial charge in [0.1, 0.15) is 18.1 Å². The Morgan fingerprint density at radius 1 is 1.41 bits per heavy atom. The molecule has 4 nitrogen and oxygen atoms in total. The summed E-state index contributed by atoms with van der Waals surface area (Å²) in [6.45, 7) is 3.52. The number of aliphatic hydroxyl groups excluding tert-OH is 2. The lowest BCUT2D eigenvalue weighted by atomic mass is 9.98. The standard InChI is InChI=1S/C13H21NO3/c1-10(16)13-4-2-3-7-14(13)8-11-5-6-12(9-15)17-11/h5-6,10,13,15-16H,2-4,7-9H2,1H3. The largest absolute Gasteiger partial charge is 0.462 e. The van der Waals surface area contributed by atoms with Crippen molar-refractivity contribution in [3.63, 3.8) is 0 Å². The molecular weight excluding hydrogens is 218 g/mol. The first kappa shape index (κ1) is 12.6. The predicted octanol–water partition coefficient (Wildman–Crippen LogP) is 1.51. The van der Waals surface area contributed by atoms with Crippen LogP contribution in [0.15, 0.2) is 16.5 Å². The van der Waals surface area contributed by atoms with Crippen LogP contribution in [-0.2, 0) is 13.2 Å². The van der Waals surface area contributed by atoms with E-state index in [9.17, 15) is 5.11 Å². The van der Waals surface area contributed by atoms with Gasteiger partial charge in [-0.2, -0.15) is 0 Å². The number of hydrogen-bond donors (Lipinski definition) is 2. The normalized spacial score (nSPS) is 23.8. The van der Waals surface area contributed by atoms with Crippen LogP contribution in [0.4, 0.5) is 0 Å². The van der Waals surface area contributed by atoms with Gasteiger partial charge in [-0.3, -0.25) is 4.90 Å². The van der Waals surface area contributed by atoms with Crippen LogP contribution in [0.25, 0.3) is 0 Å². The molecule has 1 aliphatic rings. The molecule has 1 aliphatic heterocycles. The van der Waals surface area contributed by atoms with E-state index < -0.39 is 0 Å². The molecule has 0 amide bonds. The smallest absolute Gasteiger partial charge is 0.129 e. The molecule has 2 unspecified atom stereocenters. The molecule has 1 aromatic heterocycles. The number of piperidine rings is 1. The van der Waals surface area contributed by atoms with Crippen LogP contribution >= 0.6 is 0 Å². The molecule has 0 bridgehead atoms. The highest BCUT2D eigenvalue weighted by molar-refractivity contribution is 5.06. The van der Waals surface area contributed by atoms with E-state index in [4.69, 9.17) is 9.52 Å². The maximum atomic E-state index is 9.76. The minimum atomic E-state index is -0.303. The van der Waals surface area contributed by atoms with Gasteiger partial charge in [0.2, 0.25) is 0 Å². The van der Waals surface area contributed by atoms with E-state index in [0.29, 0.717) is 5.76 Å². The zero-order chi connectivity index (χ0) is 12.3. The molecule has 0 aliphatic carbocycles. The molecule has 1 fully saturated rings. The van der Waals surface area contributed by atoms with Crippen molar-refractivity contribution in [2.75, 3.05) is 6.54 Å². The second-order valence-electron chi connectivity index (χ2n) is 4.80. The molecule has 2 N–H and O–H groups in total. The fourth-order valence-corrected chi connectivity index (χ4v) is 2.55. The molecule has 2 atom stereocenters. The van der Waals surface area contributed by atoms with E-state index in [0.717, 1.165) is 25.3 Å². The highest BCUT2D eigenvalue weighted by Crippen LogP contribution is 2.22. The Bertz CT molecular complexity index is 348. The quantitative estimate of drug-likeness (QED) is 0.836. The molecule has 0 spiro atoms. The van der Waals surface area contributed by atoms with E-state index in [1.54, 1.807) is 6.07 Å². The number of likely N-dealkylation sites (tertiary alicyclic amines) is 1. The third-order valence-electron chi connectivity index (χ3n) is 3.45. The van der Waals surface area contributed by atoms with Crippen molar-refractivity contribution in [2.45, 2.75) is 51.5 Å². The second kappa shape index (κ2) is 5.67. The maximum Gasteiger partial charge on any atom is 0.129 e. The summed E-state index contributed by atoms with van der Waals surface area (Å²) in [4.78, 5) is 2.27. The van der Waals surface area contributed by atoms with Crippen molar-refractivity contribution in [2.24, 2.45) is 0 Å². The summed E-state index contributed by atoms with van der Waals surface area (Å²) in [6.07, 6.45) is 3.11. The SMILES string of the molecule is CC(O)C1CCCCN1Cc1ccc(CO)o1. The van der Waals surface area contributed by atoms with Crippen molar-refractivity contribution < 1.29 is 14.6 Å². The highest BCUT2D eigenvalue weighted by Gasteiger charge is 2.26. The summed E-state index contributed by atoms with van der Waals surface area (Å²) >= 11 is 0. The average Bonchev–Trinajstić information content (AvgIpc) is 2.77. The minimum Gasteiger partial charge on any atom is -0.462 e. The van der Waals surface area contributed by atoms with Crippen LogP contribution in [-0.4, -0.2) is 33.8 Å². The Balaban J connectivity index is 2.00. The number of rotatable bonds is 4. The van der Waals surface area contributed by atoms with Gasteiger partial charge in [0.15, 0.2) is 0 Å². The molecule has 4 heteroatoms. The Morgan fingerprint density at radius 2 is 2.18 bits per heavy atom. The highest BCUT2D eigenvalue weighted by atomic mass is 16.4. The molecule has 1 aromatic rings. The molecule has 96 valence electrons. The lowest BCUT2D eigenvalue weighted by molar-refractivity contribution is 0.0276. The van der Waals surface area contributed by atoms with Crippen molar-refractivity contribution in [1.29, 1.82) is 0 Å². The molecule has 2 heterocycles. The molecular formula is C13H21NO3. The maximum absolute atomic E-state index is 9.76. The molecule has 17 heavy (non-hydrogen) atoms. The zero-order valence-electron chi connectivity index (χ0n) is 10.3. The zero-order valence-corrected chi connectivity index (χ0v) is 10.3. The first-order valence-corrected chi connectivity index (χ1v) is 6.31. The van der Waals surface area contributed by atoms with E-state index >= 15 is 0 Å². The van der Waals surface area contributed by atoms with Gasteiger partial charge in [-0.1, -0.05) is 6.42 Å². The molecule has 0 radical (unpaired) electrons. The van der Waals surface area contributed by atoms with Gasteiger partial charge in [0.25, 0.3) is 0 Å². The lowest BCUT2D eigenvalue weighted by Crippen LogP contribution is -2.45. The summed E-state index contributed by atoms with van der Waals surface area (Å²) in [5.74, 6) is 1.47. The lowest BCUT2D eigenvalue weighted by Gasteiger charge is -2.36. The minimum absolute atomic E-state index is 0.0557. The first-order chi connectivity index (χ1) is 8.20. The van der Waals surface area contributed by atoms with Crippen LogP contribution in [0.5, 0.6) is 0 Å². The van der Waals surface area contributed by atoms with E-state index in [2.05, 4.69) is 4.90 Å². The molecule has 2 rings (SSSR count). The Morgan fingerprint density at radius 3 is 2.82 bits per heavy atom. The van der Waals surface area contributed by atoms with Gasteiger partial charge in [0, 0.05) is 6.04 Å². The van der Waals surface area contributed by atoms with Crippen LogP contribution < -0.4 is 0 Å². The van der Waals surface area contributed by atoms with Crippen molar-refractivity contribution in [1.82, 2.24) is 4.90 Å². The van der Waals surface area contributed by atoms with E-state index in [1.165, 1.54) is 12.8 Å².